The number of allylic oxidation sites excluding steroid dienone is 2. The zero-order valence-electron chi connectivity index (χ0n) is 8.04. The fourth-order valence-electron chi connectivity index (χ4n) is 1.92. The summed E-state index contributed by atoms with van der Waals surface area (Å²) >= 11 is 0. The largest absolute Gasteiger partial charge is 0.394 e. The van der Waals surface area contributed by atoms with Gasteiger partial charge < -0.3 is 10.2 Å². The highest BCUT2D eigenvalue weighted by atomic mass is 16.3. The van der Waals surface area contributed by atoms with E-state index in [1.165, 1.54) is 5.57 Å². The minimum Gasteiger partial charge on any atom is -0.394 e. The van der Waals surface area contributed by atoms with Gasteiger partial charge in [0.2, 0.25) is 0 Å². The van der Waals surface area contributed by atoms with Crippen molar-refractivity contribution in [2.75, 3.05) is 6.61 Å². The van der Waals surface area contributed by atoms with Crippen molar-refractivity contribution in [3.05, 3.63) is 11.6 Å². The van der Waals surface area contributed by atoms with Crippen molar-refractivity contribution in [1.29, 1.82) is 0 Å². The third-order valence-electron chi connectivity index (χ3n) is 3.27. The lowest BCUT2D eigenvalue weighted by Crippen LogP contribution is -2.33. The molecule has 0 saturated carbocycles. The first kappa shape index (κ1) is 9.75. The standard InChI is InChI=1S/C10H18O2/c1-7-4-5-8(9(12)6-11)10(7,2)3/h4,8-9,11-12H,5-6H2,1-3H3. The van der Waals surface area contributed by atoms with Crippen molar-refractivity contribution < 1.29 is 10.2 Å². The molecule has 0 spiro atoms. The van der Waals surface area contributed by atoms with Crippen LogP contribution in [0.4, 0.5) is 0 Å². The van der Waals surface area contributed by atoms with Crippen molar-refractivity contribution in [3.63, 3.8) is 0 Å². The summed E-state index contributed by atoms with van der Waals surface area (Å²) in [4.78, 5) is 0. The normalized spacial score (nSPS) is 30.1. The van der Waals surface area contributed by atoms with Crippen molar-refractivity contribution in [3.8, 4) is 0 Å². The quantitative estimate of drug-likeness (QED) is 0.614. The van der Waals surface area contributed by atoms with Gasteiger partial charge in [0.25, 0.3) is 0 Å². The van der Waals surface area contributed by atoms with Crippen LogP contribution in [0.2, 0.25) is 0 Å². The molecule has 2 unspecified atom stereocenters. The Bertz CT molecular complexity index is 194. The second kappa shape index (κ2) is 3.19. The molecule has 1 aliphatic rings. The molecule has 2 nitrogen and oxygen atoms in total. The Kier molecular flexibility index (Phi) is 2.59. The van der Waals surface area contributed by atoms with Crippen molar-refractivity contribution in [2.24, 2.45) is 11.3 Å². The molecule has 0 amide bonds. The third-order valence-corrected chi connectivity index (χ3v) is 3.27. The molecule has 1 rings (SSSR count). The Morgan fingerprint density at radius 3 is 2.58 bits per heavy atom. The fourth-order valence-corrected chi connectivity index (χ4v) is 1.92. The van der Waals surface area contributed by atoms with E-state index in [0.717, 1.165) is 6.42 Å². The summed E-state index contributed by atoms with van der Waals surface area (Å²) < 4.78 is 0. The molecule has 0 saturated heterocycles. The van der Waals surface area contributed by atoms with Gasteiger partial charge in [0.05, 0.1) is 12.7 Å². The van der Waals surface area contributed by atoms with Gasteiger partial charge in [-0.1, -0.05) is 25.5 Å². The van der Waals surface area contributed by atoms with E-state index in [1.807, 2.05) is 0 Å². The molecule has 70 valence electrons. The summed E-state index contributed by atoms with van der Waals surface area (Å²) in [6.45, 7) is 6.20. The number of hydrogen-bond acceptors (Lipinski definition) is 2. The predicted octanol–water partition coefficient (Wildman–Crippen LogP) is 1.33. The first-order chi connectivity index (χ1) is 5.50. The molecule has 0 heterocycles. The van der Waals surface area contributed by atoms with Gasteiger partial charge in [-0.3, -0.25) is 0 Å². The van der Waals surface area contributed by atoms with E-state index in [-0.39, 0.29) is 17.9 Å². The third kappa shape index (κ3) is 1.41. The molecule has 0 aromatic carbocycles. The van der Waals surface area contributed by atoms with E-state index in [9.17, 15) is 5.11 Å². The Morgan fingerprint density at radius 2 is 2.25 bits per heavy atom. The fraction of sp³-hybridized carbons (Fsp3) is 0.800. The van der Waals surface area contributed by atoms with Crippen LogP contribution in [0, 0.1) is 11.3 Å². The molecule has 0 radical (unpaired) electrons. The first-order valence-electron chi connectivity index (χ1n) is 4.46. The van der Waals surface area contributed by atoms with Crippen molar-refractivity contribution in [1.82, 2.24) is 0 Å². The minimum absolute atomic E-state index is 0.0438. The molecule has 0 aromatic rings. The topological polar surface area (TPSA) is 40.5 Å². The molecule has 2 atom stereocenters. The Morgan fingerprint density at radius 1 is 1.67 bits per heavy atom. The highest BCUT2D eigenvalue weighted by Crippen LogP contribution is 2.44. The van der Waals surface area contributed by atoms with Crippen LogP contribution in [0.5, 0.6) is 0 Å². The number of hydrogen-bond donors (Lipinski definition) is 2. The van der Waals surface area contributed by atoms with Gasteiger partial charge in [-0.25, -0.2) is 0 Å². The molecule has 0 bridgehead atoms. The van der Waals surface area contributed by atoms with Crippen LogP contribution in [-0.2, 0) is 0 Å². The zero-order chi connectivity index (χ0) is 9.35. The second-order valence-electron chi connectivity index (χ2n) is 4.20. The summed E-state index contributed by atoms with van der Waals surface area (Å²) in [5, 5.41) is 18.4. The van der Waals surface area contributed by atoms with Crippen LogP contribution < -0.4 is 0 Å². The van der Waals surface area contributed by atoms with Gasteiger partial charge in [0.1, 0.15) is 0 Å². The molecule has 0 aliphatic heterocycles. The molecule has 0 aromatic heterocycles. The zero-order valence-corrected chi connectivity index (χ0v) is 8.04. The molecule has 2 N–H and O–H groups in total. The van der Waals surface area contributed by atoms with Crippen LogP contribution in [0.25, 0.3) is 0 Å². The predicted molar refractivity (Wildman–Crippen MR) is 48.7 cm³/mol. The van der Waals surface area contributed by atoms with Crippen LogP contribution in [0.3, 0.4) is 0 Å². The Balaban J connectivity index is 2.73. The van der Waals surface area contributed by atoms with Crippen LogP contribution in [0.1, 0.15) is 27.2 Å². The second-order valence-corrected chi connectivity index (χ2v) is 4.20. The van der Waals surface area contributed by atoms with Crippen LogP contribution in [0.15, 0.2) is 11.6 Å². The summed E-state index contributed by atoms with van der Waals surface area (Å²) in [6, 6.07) is 0. The molecule has 0 fully saturated rings. The molecule has 1 aliphatic carbocycles. The number of aliphatic hydroxyl groups excluding tert-OH is 2. The maximum absolute atomic E-state index is 9.53. The lowest BCUT2D eigenvalue weighted by atomic mass is 9.75. The highest BCUT2D eigenvalue weighted by Gasteiger charge is 2.38. The van der Waals surface area contributed by atoms with Crippen molar-refractivity contribution >= 4 is 0 Å². The summed E-state index contributed by atoms with van der Waals surface area (Å²) in [5.74, 6) is 0.183. The van der Waals surface area contributed by atoms with Gasteiger partial charge >= 0.3 is 0 Å². The lowest BCUT2D eigenvalue weighted by Gasteiger charge is -2.32. The van der Waals surface area contributed by atoms with E-state index in [4.69, 9.17) is 5.11 Å². The van der Waals surface area contributed by atoms with E-state index < -0.39 is 6.10 Å². The lowest BCUT2D eigenvalue weighted by molar-refractivity contribution is 0.0152. The van der Waals surface area contributed by atoms with E-state index in [1.54, 1.807) is 0 Å². The Labute approximate surface area is 73.9 Å². The smallest absolute Gasteiger partial charge is 0.0810 e. The molecular formula is C10H18O2. The maximum atomic E-state index is 9.53. The average Bonchev–Trinajstić information content (AvgIpc) is 2.27. The van der Waals surface area contributed by atoms with Gasteiger partial charge in [0.15, 0.2) is 0 Å². The van der Waals surface area contributed by atoms with Crippen LogP contribution >= 0.6 is 0 Å². The Hall–Kier alpha value is -0.340. The SMILES string of the molecule is CC1=CCC(C(O)CO)C1(C)C. The van der Waals surface area contributed by atoms with Crippen LogP contribution in [-0.4, -0.2) is 22.9 Å². The maximum Gasteiger partial charge on any atom is 0.0810 e. The summed E-state index contributed by atoms with van der Waals surface area (Å²) in [6.07, 6.45) is 2.47. The summed E-state index contributed by atoms with van der Waals surface area (Å²) in [7, 11) is 0. The van der Waals surface area contributed by atoms with E-state index >= 15 is 0 Å². The van der Waals surface area contributed by atoms with Gasteiger partial charge in [-0.2, -0.15) is 0 Å². The van der Waals surface area contributed by atoms with Gasteiger partial charge in [-0.15, -0.1) is 0 Å². The minimum atomic E-state index is -0.575. The number of aliphatic hydroxyl groups is 2. The van der Waals surface area contributed by atoms with Gasteiger partial charge in [-0.05, 0) is 24.7 Å². The van der Waals surface area contributed by atoms with E-state index in [0.29, 0.717) is 0 Å². The van der Waals surface area contributed by atoms with Gasteiger partial charge in [0, 0.05) is 0 Å². The summed E-state index contributed by atoms with van der Waals surface area (Å²) in [5.41, 5.74) is 1.36. The number of rotatable bonds is 2. The molecule has 12 heavy (non-hydrogen) atoms. The highest BCUT2D eigenvalue weighted by molar-refractivity contribution is 5.19. The monoisotopic (exact) mass is 170 g/mol. The molecule has 2 heteroatoms. The first-order valence-corrected chi connectivity index (χ1v) is 4.46. The average molecular weight is 170 g/mol. The molecular weight excluding hydrogens is 152 g/mol. The van der Waals surface area contributed by atoms with Crippen molar-refractivity contribution in [2.45, 2.75) is 33.3 Å². The van der Waals surface area contributed by atoms with E-state index in [2.05, 4.69) is 26.8 Å².